The van der Waals surface area contributed by atoms with E-state index in [2.05, 4.69) is 17.1 Å². The number of rotatable bonds is 4. The first-order valence-corrected chi connectivity index (χ1v) is 11.3. The summed E-state index contributed by atoms with van der Waals surface area (Å²) in [6.07, 6.45) is 4.57. The number of hydrogen-bond donors (Lipinski definition) is 0. The number of aromatic nitrogens is 1. The summed E-state index contributed by atoms with van der Waals surface area (Å²) in [5, 5.41) is 0.873. The highest BCUT2D eigenvalue weighted by Gasteiger charge is 2.46. The molecule has 2 fully saturated rings. The number of pyridine rings is 1. The first-order chi connectivity index (χ1) is 15.6. The quantitative estimate of drug-likeness (QED) is 0.621. The first kappa shape index (κ1) is 20.5. The first-order valence-electron chi connectivity index (χ1n) is 11.3. The number of hydrogen-bond acceptors (Lipinski definition) is 4. The second-order valence-electron chi connectivity index (χ2n) is 8.73. The highest BCUT2D eigenvalue weighted by atomic mass is 16.6. The fourth-order valence-electron chi connectivity index (χ4n) is 4.86. The van der Waals surface area contributed by atoms with Crippen LogP contribution in [0.1, 0.15) is 35.2 Å². The molecular formula is C26H27N3O3. The van der Waals surface area contributed by atoms with E-state index in [0.717, 1.165) is 30.2 Å². The molecule has 5 rings (SSSR count). The van der Waals surface area contributed by atoms with Crippen LogP contribution in [0.5, 0.6) is 0 Å². The zero-order chi connectivity index (χ0) is 22.0. The third-order valence-electron chi connectivity index (χ3n) is 6.62. The van der Waals surface area contributed by atoms with E-state index in [1.807, 2.05) is 58.3 Å². The van der Waals surface area contributed by atoms with Gasteiger partial charge in [0.15, 0.2) is 0 Å². The molecule has 6 heteroatoms. The van der Waals surface area contributed by atoms with Crippen LogP contribution in [-0.4, -0.2) is 58.6 Å². The van der Waals surface area contributed by atoms with Gasteiger partial charge in [0, 0.05) is 43.2 Å². The van der Waals surface area contributed by atoms with E-state index in [4.69, 9.17) is 4.74 Å². The molecule has 0 bridgehead atoms. The lowest BCUT2D eigenvalue weighted by Crippen LogP contribution is -2.37. The Morgan fingerprint density at radius 3 is 2.75 bits per heavy atom. The molecule has 2 saturated heterocycles. The number of carbonyl (C=O) groups is 2. The van der Waals surface area contributed by atoms with E-state index in [1.54, 1.807) is 6.20 Å². The van der Waals surface area contributed by atoms with Crippen molar-refractivity contribution >= 4 is 22.9 Å². The number of fused-ring (bicyclic) bond motifs is 1. The van der Waals surface area contributed by atoms with Crippen LogP contribution in [-0.2, 0) is 11.2 Å². The van der Waals surface area contributed by atoms with Crippen LogP contribution in [0.15, 0.2) is 66.9 Å². The summed E-state index contributed by atoms with van der Waals surface area (Å²) in [5.74, 6) is 0.0194. The monoisotopic (exact) mass is 429 g/mol. The van der Waals surface area contributed by atoms with E-state index in [1.165, 1.54) is 5.56 Å². The molecule has 0 saturated carbocycles. The van der Waals surface area contributed by atoms with Gasteiger partial charge in [0.05, 0.1) is 12.1 Å². The highest BCUT2D eigenvalue weighted by molar-refractivity contribution is 6.06. The molecule has 0 N–H and O–H groups in total. The normalized spacial score (nSPS) is 21.1. The maximum atomic E-state index is 13.3. The number of nitrogens with zero attached hydrogens (tertiary/aromatic N) is 3. The van der Waals surface area contributed by atoms with Crippen LogP contribution in [0.3, 0.4) is 0 Å². The van der Waals surface area contributed by atoms with Crippen molar-refractivity contribution in [3.05, 3.63) is 78.0 Å². The third kappa shape index (κ3) is 4.05. The highest BCUT2D eigenvalue weighted by Crippen LogP contribution is 2.34. The topological polar surface area (TPSA) is 62.7 Å². The van der Waals surface area contributed by atoms with Gasteiger partial charge in [0.25, 0.3) is 5.91 Å². The molecule has 1 spiro atoms. The van der Waals surface area contributed by atoms with Crippen molar-refractivity contribution in [3.63, 3.8) is 0 Å². The number of amides is 2. The molecule has 0 aliphatic carbocycles. The molecule has 2 aromatic carbocycles. The molecule has 3 aromatic rings. The molecule has 1 atom stereocenters. The Bertz CT molecular complexity index is 1130. The van der Waals surface area contributed by atoms with Gasteiger partial charge in [0.1, 0.15) is 5.60 Å². The largest absolute Gasteiger partial charge is 0.441 e. The smallest absolute Gasteiger partial charge is 0.410 e. The minimum atomic E-state index is -0.497. The number of carbonyl (C=O) groups excluding carboxylic acids is 2. The van der Waals surface area contributed by atoms with Gasteiger partial charge in [-0.15, -0.1) is 0 Å². The Morgan fingerprint density at radius 2 is 1.88 bits per heavy atom. The van der Waals surface area contributed by atoms with E-state index >= 15 is 0 Å². The summed E-state index contributed by atoms with van der Waals surface area (Å²) < 4.78 is 5.91. The SMILES string of the molecule is O=C1O[C@]2(CCCN(C(=O)c3cccc4ncccc34)CC2)CN1CCc1ccccc1. The summed E-state index contributed by atoms with van der Waals surface area (Å²) in [6.45, 7) is 2.49. The Hall–Kier alpha value is -3.41. The van der Waals surface area contributed by atoms with Crippen molar-refractivity contribution in [3.8, 4) is 0 Å². The summed E-state index contributed by atoms with van der Waals surface area (Å²) in [7, 11) is 0. The fraction of sp³-hybridized carbons (Fsp3) is 0.346. The fourth-order valence-corrected chi connectivity index (χ4v) is 4.86. The summed E-state index contributed by atoms with van der Waals surface area (Å²) >= 11 is 0. The molecule has 164 valence electrons. The van der Waals surface area contributed by atoms with Crippen LogP contribution < -0.4 is 0 Å². The zero-order valence-corrected chi connectivity index (χ0v) is 18.1. The lowest BCUT2D eigenvalue weighted by Gasteiger charge is -2.26. The van der Waals surface area contributed by atoms with Gasteiger partial charge in [-0.3, -0.25) is 9.78 Å². The van der Waals surface area contributed by atoms with Crippen molar-refractivity contribution in [1.82, 2.24) is 14.8 Å². The number of ether oxygens (including phenoxy) is 1. The Balaban J connectivity index is 1.26. The van der Waals surface area contributed by atoms with Gasteiger partial charge in [-0.1, -0.05) is 42.5 Å². The molecule has 2 amide bonds. The Kier molecular flexibility index (Phi) is 5.52. The van der Waals surface area contributed by atoms with Gasteiger partial charge in [0.2, 0.25) is 0 Å². The molecule has 1 aromatic heterocycles. The molecular weight excluding hydrogens is 402 g/mol. The van der Waals surface area contributed by atoms with Gasteiger partial charge >= 0.3 is 6.09 Å². The summed E-state index contributed by atoms with van der Waals surface area (Å²) in [6, 6.07) is 19.7. The maximum absolute atomic E-state index is 13.3. The van der Waals surface area contributed by atoms with Gasteiger partial charge in [-0.2, -0.15) is 0 Å². The van der Waals surface area contributed by atoms with Crippen molar-refractivity contribution in [2.75, 3.05) is 26.2 Å². The van der Waals surface area contributed by atoms with Crippen LogP contribution in [0, 0.1) is 0 Å². The zero-order valence-electron chi connectivity index (χ0n) is 18.1. The van der Waals surface area contributed by atoms with Crippen LogP contribution >= 0.6 is 0 Å². The molecule has 0 unspecified atom stereocenters. The average molecular weight is 430 g/mol. The summed E-state index contributed by atoms with van der Waals surface area (Å²) in [4.78, 5) is 34.0. The lowest BCUT2D eigenvalue weighted by molar-refractivity contribution is 0.0439. The van der Waals surface area contributed by atoms with Crippen LogP contribution in [0.2, 0.25) is 0 Å². The predicted molar refractivity (Wildman–Crippen MR) is 122 cm³/mol. The van der Waals surface area contributed by atoms with Gasteiger partial charge < -0.3 is 14.5 Å². The Labute approximate surface area is 187 Å². The lowest BCUT2D eigenvalue weighted by atomic mass is 9.95. The van der Waals surface area contributed by atoms with E-state index in [9.17, 15) is 9.59 Å². The molecule has 3 heterocycles. The minimum absolute atomic E-state index is 0.0194. The van der Waals surface area contributed by atoms with Crippen molar-refractivity contribution in [2.45, 2.75) is 31.3 Å². The van der Waals surface area contributed by atoms with Crippen molar-refractivity contribution in [2.24, 2.45) is 0 Å². The second-order valence-corrected chi connectivity index (χ2v) is 8.73. The maximum Gasteiger partial charge on any atom is 0.410 e. The minimum Gasteiger partial charge on any atom is -0.441 e. The molecule has 32 heavy (non-hydrogen) atoms. The van der Waals surface area contributed by atoms with E-state index in [-0.39, 0.29) is 12.0 Å². The van der Waals surface area contributed by atoms with Gasteiger partial charge in [-0.05, 0) is 43.0 Å². The van der Waals surface area contributed by atoms with E-state index in [0.29, 0.717) is 38.2 Å². The van der Waals surface area contributed by atoms with Crippen molar-refractivity contribution in [1.29, 1.82) is 0 Å². The predicted octanol–water partition coefficient (Wildman–Crippen LogP) is 4.29. The molecule has 2 aliphatic rings. The molecule has 6 nitrogen and oxygen atoms in total. The van der Waals surface area contributed by atoms with Crippen LogP contribution in [0.25, 0.3) is 10.9 Å². The van der Waals surface area contributed by atoms with E-state index < -0.39 is 5.60 Å². The van der Waals surface area contributed by atoms with Gasteiger partial charge in [-0.25, -0.2) is 4.79 Å². The van der Waals surface area contributed by atoms with Crippen LogP contribution in [0.4, 0.5) is 4.79 Å². The third-order valence-corrected chi connectivity index (χ3v) is 6.62. The molecule has 0 radical (unpaired) electrons. The average Bonchev–Trinajstić information content (AvgIpc) is 3.00. The van der Waals surface area contributed by atoms with Crippen molar-refractivity contribution < 1.29 is 14.3 Å². The second kappa shape index (κ2) is 8.61. The standard InChI is InChI=1S/C26H27N3O3/c30-24(22-9-4-11-23-21(22)10-5-15-27-23)28-16-6-13-26(14-18-28)19-29(25(31)32-26)17-12-20-7-2-1-3-8-20/h1-5,7-11,15H,6,12-14,16-19H2/t26-/m0/s1. The number of benzene rings is 2. The Morgan fingerprint density at radius 1 is 1.00 bits per heavy atom. The number of likely N-dealkylation sites (tertiary alicyclic amines) is 1. The molecule has 2 aliphatic heterocycles. The summed E-state index contributed by atoms with van der Waals surface area (Å²) in [5.41, 5.74) is 2.22.